The van der Waals surface area contributed by atoms with Crippen LogP contribution in [-0.2, 0) is 0 Å². The van der Waals surface area contributed by atoms with E-state index in [1.165, 1.54) is 0 Å². The molecule has 0 fully saturated rings. The van der Waals surface area contributed by atoms with E-state index in [-0.39, 0.29) is 7.43 Å². The van der Waals surface area contributed by atoms with Crippen molar-refractivity contribution in [1.82, 2.24) is 19.9 Å². The zero-order valence-electron chi connectivity index (χ0n) is 12.0. The maximum Gasteiger partial charge on any atom is 0.149 e. The van der Waals surface area contributed by atoms with Crippen LogP contribution in [0.25, 0.3) is 5.57 Å². The molecule has 0 aliphatic heterocycles. The van der Waals surface area contributed by atoms with Crippen molar-refractivity contribution in [3.05, 3.63) is 42.8 Å². The van der Waals surface area contributed by atoms with E-state index < -0.39 is 0 Å². The molecule has 6 heteroatoms. The van der Waals surface area contributed by atoms with E-state index in [0.29, 0.717) is 23.2 Å². The summed E-state index contributed by atoms with van der Waals surface area (Å²) in [6.45, 7) is 9.64. The molecule has 0 spiro atoms. The predicted molar refractivity (Wildman–Crippen MR) is 88.4 cm³/mol. The van der Waals surface area contributed by atoms with E-state index in [0.717, 1.165) is 11.3 Å². The minimum atomic E-state index is 0. The Labute approximate surface area is 126 Å². The quantitative estimate of drug-likeness (QED) is 0.880. The molecule has 0 aliphatic carbocycles. The smallest absolute Gasteiger partial charge is 0.149 e. The summed E-state index contributed by atoms with van der Waals surface area (Å²) in [5, 5.41) is 0. The van der Waals surface area contributed by atoms with Gasteiger partial charge in [0.1, 0.15) is 17.3 Å². The lowest BCUT2D eigenvalue weighted by Gasteiger charge is -2.04. The Hall–Kier alpha value is -2.50. The van der Waals surface area contributed by atoms with Crippen molar-refractivity contribution < 1.29 is 0 Å². The van der Waals surface area contributed by atoms with Gasteiger partial charge in [-0.3, -0.25) is 9.97 Å². The first-order valence-electron chi connectivity index (χ1n) is 6.22. The molecule has 0 radical (unpaired) electrons. The van der Waals surface area contributed by atoms with Gasteiger partial charge in [0.25, 0.3) is 0 Å². The molecule has 114 valence electrons. The topological polar surface area (TPSA) is 104 Å². The number of anilines is 2. The van der Waals surface area contributed by atoms with Crippen LogP contribution in [0.15, 0.2) is 31.4 Å². The maximum atomic E-state index is 5.55. The van der Waals surface area contributed by atoms with Gasteiger partial charge in [-0.15, -0.1) is 0 Å². The van der Waals surface area contributed by atoms with E-state index in [1.807, 2.05) is 20.8 Å². The summed E-state index contributed by atoms with van der Waals surface area (Å²) in [6.07, 6.45) is 6.41. The third kappa shape index (κ3) is 5.56. The number of nitrogen functional groups attached to an aromatic ring is 2. The Balaban J connectivity index is 0.000000364. The minimum Gasteiger partial charge on any atom is -0.382 e. The van der Waals surface area contributed by atoms with Gasteiger partial charge in [-0.2, -0.15) is 0 Å². The van der Waals surface area contributed by atoms with Crippen LogP contribution in [0.5, 0.6) is 0 Å². The van der Waals surface area contributed by atoms with Crippen molar-refractivity contribution in [3.8, 4) is 0 Å². The summed E-state index contributed by atoms with van der Waals surface area (Å²) in [4.78, 5) is 15.9. The highest BCUT2D eigenvalue weighted by atomic mass is 14.9. The lowest BCUT2D eigenvalue weighted by molar-refractivity contribution is 0.817. The average molecular weight is 288 g/mol. The standard InChI is InChI=1S/C7H11N3.C7H9N3.CH4/c2*1-5(2)6-7(8)10-4-3-9-6;/h3-5H,1-2H3,(H2,8,10);3-4H,1H2,2H3,(H2,8,10);1H4. The lowest BCUT2D eigenvalue weighted by Crippen LogP contribution is -2.01. The summed E-state index contributed by atoms with van der Waals surface area (Å²) >= 11 is 0. The molecule has 21 heavy (non-hydrogen) atoms. The first kappa shape index (κ1) is 18.5. The van der Waals surface area contributed by atoms with Crippen molar-refractivity contribution in [3.63, 3.8) is 0 Å². The van der Waals surface area contributed by atoms with Crippen molar-refractivity contribution in [2.75, 3.05) is 11.5 Å². The first-order valence-corrected chi connectivity index (χ1v) is 6.22. The van der Waals surface area contributed by atoms with Crippen molar-refractivity contribution in [2.24, 2.45) is 0 Å². The van der Waals surface area contributed by atoms with Gasteiger partial charge in [-0.25, -0.2) is 9.97 Å². The zero-order chi connectivity index (χ0) is 15.1. The lowest BCUT2D eigenvalue weighted by atomic mass is 10.1. The Bertz CT molecular complexity index is 580. The van der Waals surface area contributed by atoms with Gasteiger partial charge in [0.05, 0.1) is 5.69 Å². The molecule has 0 saturated carbocycles. The fourth-order valence-electron chi connectivity index (χ4n) is 1.48. The van der Waals surface area contributed by atoms with Crippen LogP contribution in [0.2, 0.25) is 0 Å². The zero-order valence-corrected chi connectivity index (χ0v) is 12.0. The molecule has 2 rings (SSSR count). The first-order chi connectivity index (χ1) is 9.43. The molecule has 0 aromatic carbocycles. The van der Waals surface area contributed by atoms with Crippen LogP contribution in [0, 0.1) is 0 Å². The van der Waals surface area contributed by atoms with Gasteiger partial charge in [0, 0.05) is 24.8 Å². The monoisotopic (exact) mass is 288 g/mol. The summed E-state index contributed by atoms with van der Waals surface area (Å²) in [5.41, 5.74) is 13.4. The number of nitrogens with two attached hydrogens (primary N) is 2. The third-order valence-electron chi connectivity index (χ3n) is 2.43. The van der Waals surface area contributed by atoms with Gasteiger partial charge in [0.15, 0.2) is 0 Å². The normalized spacial score (nSPS) is 9.33. The van der Waals surface area contributed by atoms with Crippen LogP contribution >= 0.6 is 0 Å². The van der Waals surface area contributed by atoms with Crippen LogP contribution in [0.3, 0.4) is 0 Å². The average Bonchev–Trinajstić information content (AvgIpc) is 2.40. The SMILES string of the molecule is C.C=C(C)c1nccnc1N.CC(C)c1nccnc1N. The number of hydrogen-bond acceptors (Lipinski definition) is 6. The molecule has 2 aromatic rings. The molecular weight excluding hydrogens is 264 g/mol. The predicted octanol–water partition coefficient (Wildman–Crippen LogP) is 2.91. The maximum absolute atomic E-state index is 5.55. The van der Waals surface area contributed by atoms with E-state index in [4.69, 9.17) is 11.5 Å². The second kappa shape index (κ2) is 8.63. The molecule has 0 unspecified atom stereocenters. The Kier molecular flexibility index (Phi) is 7.60. The highest BCUT2D eigenvalue weighted by molar-refractivity contribution is 5.65. The van der Waals surface area contributed by atoms with Gasteiger partial charge in [-0.1, -0.05) is 27.9 Å². The molecule has 0 bridgehead atoms. The third-order valence-corrected chi connectivity index (χ3v) is 2.43. The van der Waals surface area contributed by atoms with Crippen LogP contribution in [0.4, 0.5) is 11.6 Å². The van der Waals surface area contributed by atoms with Gasteiger partial charge in [0.2, 0.25) is 0 Å². The Morgan fingerprint density at radius 1 is 0.952 bits per heavy atom. The van der Waals surface area contributed by atoms with Gasteiger partial charge >= 0.3 is 0 Å². The molecule has 2 heterocycles. The number of nitrogens with zero attached hydrogens (tertiary/aromatic N) is 4. The van der Waals surface area contributed by atoms with Crippen LogP contribution in [-0.4, -0.2) is 19.9 Å². The number of aromatic nitrogens is 4. The molecular formula is C15H24N6. The summed E-state index contributed by atoms with van der Waals surface area (Å²) in [7, 11) is 0. The largest absolute Gasteiger partial charge is 0.382 e. The Morgan fingerprint density at radius 3 is 1.76 bits per heavy atom. The van der Waals surface area contributed by atoms with Crippen LogP contribution in [0.1, 0.15) is 45.5 Å². The van der Waals surface area contributed by atoms with Crippen LogP contribution < -0.4 is 11.5 Å². The molecule has 0 atom stereocenters. The Morgan fingerprint density at radius 2 is 1.43 bits per heavy atom. The van der Waals surface area contributed by atoms with Gasteiger partial charge < -0.3 is 11.5 Å². The number of hydrogen-bond donors (Lipinski definition) is 2. The van der Waals surface area contributed by atoms with Crippen molar-refractivity contribution >= 4 is 17.2 Å². The fourth-order valence-corrected chi connectivity index (χ4v) is 1.48. The molecule has 4 N–H and O–H groups in total. The van der Waals surface area contributed by atoms with E-state index in [2.05, 4.69) is 26.5 Å². The summed E-state index contributed by atoms with van der Waals surface area (Å²) in [6, 6.07) is 0. The van der Waals surface area contributed by atoms with E-state index in [1.54, 1.807) is 24.8 Å². The minimum absolute atomic E-state index is 0. The van der Waals surface area contributed by atoms with E-state index in [9.17, 15) is 0 Å². The summed E-state index contributed by atoms with van der Waals surface area (Å²) < 4.78 is 0. The molecule has 6 nitrogen and oxygen atoms in total. The van der Waals surface area contributed by atoms with Crippen molar-refractivity contribution in [1.29, 1.82) is 0 Å². The highest BCUT2D eigenvalue weighted by Gasteiger charge is 2.03. The second-order valence-electron chi connectivity index (χ2n) is 4.55. The highest BCUT2D eigenvalue weighted by Crippen LogP contribution is 2.14. The second-order valence-corrected chi connectivity index (χ2v) is 4.55. The number of rotatable bonds is 2. The molecule has 0 aliphatic rings. The molecule has 0 amide bonds. The van der Waals surface area contributed by atoms with E-state index >= 15 is 0 Å². The molecule has 2 aromatic heterocycles. The molecule has 0 saturated heterocycles. The van der Waals surface area contributed by atoms with Gasteiger partial charge in [-0.05, 0) is 18.4 Å². The van der Waals surface area contributed by atoms with Crippen molar-refractivity contribution in [2.45, 2.75) is 34.1 Å². The summed E-state index contributed by atoms with van der Waals surface area (Å²) in [5.74, 6) is 1.33. The number of allylic oxidation sites excluding steroid dienone is 1. The fraction of sp³-hybridized carbons (Fsp3) is 0.333.